The topological polar surface area (TPSA) is 201 Å². The van der Waals surface area contributed by atoms with E-state index < -0.39 is 29.2 Å². The number of hydrogen-bond donors (Lipinski definition) is 3. The summed E-state index contributed by atoms with van der Waals surface area (Å²) in [4.78, 5) is 36.1. The van der Waals surface area contributed by atoms with Gasteiger partial charge in [0.15, 0.2) is 11.6 Å². The number of nitrogen functional groups attached to an aromatic ring is 2. The lowest BCUT2D eigenvalue weighted by atomic mass is 10.1. The Morgan fingerprint density at radius 2 is 1.83 bits per heavy atom. The van der Waals surface area contributed by atoms with Crippen molar-refractivity contribution in [3.05, 3.63) is 93.3 Å². The molecule has 1 amide bonds. The van der Waals surface area contributed by atoms with Gasteiger partial charge in [0.1, 0.15) is 28.6 Å². The Labute approximate surface area is 235 Å². The van der Waals surface area contributed by atoms with Crippen LogP contribution in [0.5, 0.6) is 5.75 Å². The number of anilines is 3. The van der Waals surface area contributed by atoms with Gasteiger partial charge in [-0.2, -0.15) is 19.7 Å². The predicted molar refractivity (Wildman–Crippen MR) is 146 cm³/mol. The first-order chi connectivity index (χ1) is 20.1. The average molecular weight is 578 g/mol. The van der Waals surface area contributed by atoms with Crippen molar-refractivity contribution in [2.45, 2.75) is 13.0 Å². The van der Waals surface area contributed by atoms with E-state index in [0.717, 1.165) is 23.0 Å². The highest BCUT2D eigenvalue weighted by Crippen LogP contribution is 2.33. The van der Waals surface area contributed by atoms with Gasteiger partial charge in [0.05, 0.1) is 36.0 Å². The number of nitrogens with two attached hydrogens (primary N) is 2. The number of aromatic nitrogens is 5. The maximum Gasteiger partial charge on any atom is 0.412 e. The van der Waals surface area contributed by atoms with Crippen LogP contribution < -0.4 is 21.1 Å². The molecule has 0 unspecified atom stereocenters. The van der Waals surface area contributed by atoms with E-state index in [1.165, 1.54) is 25.3 Å². The molecule has 3 aromatic heterocycles. The van der Waals surface area contributed by atoms with Gasteiger partial charge in [0, 0.05) is 30.2 Å². The molecule has 0 atom stereocenters. The second kappa shape index (κ2) is 10.9. The number of nitro groups is 1. The molecule has 0 fully saturated rings. The summed E-state index contributed by atoms with van der Waals surface area (Å²) in [6, 6.07) is 10.9. The number of rotatable bonds is 8. The van der Waals surface area contributed by atoms with Crippen molar-refractivity contribution < 1.29 is 28.3 Å². The molecular weight excluding hydrogens is 556 g/mol. The van der Waals surface area contributed by atoms with Crippen molar-refractivity contribution in [3.8, 4) is 11.7 Å². The van der Waals surface area contributed by atoms with Crippen molar-refractivity contribution >= 4 is 40.1 Å². The van der Waals surface area contributed by atoms with E-state index in [4.69, 9.17) is 16.2 Å². The number of methoxy groups -OCH3 is 1. The van der Waals surface area contributed by atoms with Crippen molar-refractivity contribution in [1.29, 1.82) is 0 Å². The van der Waals surface area contributed by atoms with Gasteiger partial charge in [0.25, 0.3) is 11.6 Å². The minimum Gasteiger partial charge on any atom is -0.496 e. The smallest absolute Gasteiger partial charge is 0.412 e. The number of fused-ring (bicyclic) bond motifs is 1. The lowest BCUT2D eigenvalue weighted by Gasteiger charge is -2.23. The van der Waals surface area contributed by atoms with E-state index in [2.05, 4.69) is 20.1 Å². The van der Waals surface area contributed by atoms with Crippen LogP contribution in [0, 0.1) is 21.7 Å². The number of benzene rings is 2. The summed E-state index contributed by atoms with van der Waals surface area (Å²) in [6.07, 6.45) is -0.518. The number of halogens is 2. The molecule has 16 heteroatoms. The highest BCUT2D eigenvalue weighted by atomic mass is 19.1. The van der Waals surface area contributed by atoms with Crippen LogP contribution >= 0.6 is 0 Å². The van der Waals surface area contributed by atoms with E-state index in [1.807, 2.05) is 0 Å². The minimum absolute atomic E-state index is 0.00961. The van der Waals surface area contributed by atoms with Crippen molar-refractivity contribution in [3.63, 3.8) is 0 Å². The number of hydrogen-bond acceptors (Lipinski definition) is 10. The summed E-state index contributed by atoms with van der Waals surface area (Å²) in [7, 11) is 1.32. The summed E-state index contributed by atoms with van der Waals surface area (Å²) < 4.78 is 34.9. The number of pyridine rings is 1. The van der Waals surface area contributed by atoms with Crippen LogP contribution in [0.1, 0.15) is 16.8 Å². The molecule has 0 spiro atoms. The third-order valence-corrected chi connectivity index (χ3v) is 6.29. The average Bonchev–Trinajstić information content (AvgIpc) is 3.30. The zero-order chi connectivity index (χ0) is 30.1. The van der Waals surface area contributed by atoms with E-state index in [1.54, 1.807) is 18.2 Å². The summed E-state index contributed by atoms with van der Waals surface area (Å²) in [5, 5.41) is 25.7. The van der Waals surface area contributed by atoms with Crippen LogP contribution in [0.25, 0.3) is 17.0 Å². The molecule has 0 aliphatic carbocycles. The quantitative estimate of drug-likeness (QED) is 0.179. The molecule has 0 aliphatic heterocycles. The van der Waals surface area contributed by atoms with Gasteiger partial charge < -0.3 is 21.3 Å². The van der Waals surface area contributed by atoms with Gasteiger partial charge in [-0.15, -0.1) is 0 Å². The number of amides is 1. The third kappa shape index (κ3) is 5.15. The third-order valence-electron chi connectivity index (χ3n) is 6.29. The zero-order valence-electron chi connectivity index (χ0n) is 21.7. The number of non-ortho nitro benzene ring substituents is 1. The molecule has 2 aromatic carbocycles. The van der Waals surface area contributed by atoms with Crippen LogP contribution in [-0.2, 0) is 13.0 Å². The molecule has 5 aromatic rings. The molecule has 0 saturated carbocycles. The maximum atomic E-state index is 14.4. The first-order valence-corrected chi connectivity index (χ1v) is 12.1. The van der Waals surface area contributed by atoms with Crippen LogP contribution in [-0.4, -0.2) is 48.0 Å². The lowest BCUT2D eigenvalue weighted by molar-refractivity contribution is -0.384. The molecular formula is C26H21F2N9O5. The summed E-state index contributed by atoms with van der Waals surface area (Å²) in [5.74, 6) is -1.97. The standard InChI is InChI=1S/C26H21F2N9O5/c1-42-20-7-6-16(37(40)41)8-14(20)12-35(26(38)39)22-23(29)32-25(33-24(22)30)36-19-10-15(27)11-31-21(19)18(34-36)9-13-4-2-3-5-17(13)28/h2-8,10-11H,9,12H2,1H3,(H,38,39)(H4,29,30,32,33). The molecule has 214 valence electrons. The molecule has 5 N–H and O–H groups in total. The molecule has 3 heterocycles. The fourth-order valence-electron chi connectivity index (χ4n) is 4.39. The highest BCUT2D eigenvalue weighted by Gasteiger charge is 2.27. The van der Waals surface area contributed by atoms with Gasteiger partial charge >= 0.3 is 6.09 Å². The van der Waals surface area contributed by atoms with Gasteiger partial charge in [0.2, 0.25) is 0 Å². The molecule has 14 nitrogen and oxygen atoms in total. The van der Waals surface area contributed by atoms with Gasteiger partial charge in [-0.3, -0.25) is 15.0 Å². The second-order valence-electron chi connectivity index (χ2n) is 8.91. The molecule has 0 bridgehead atoms. The van der Waals surface area contributed by atoms with Crippen LogP contribution in [0.4, 0.5) is 36.6 Å². The van der Waals surface area contributed by atoms with Crippen molar-refractivity contribution in [1.82, 2.24) is 24.7 Å². The Morgan fingerprint density at radius 1 is 1.12 bits per heavy atom. The maximum absolute atomic E-state index is 14.4. The van der Waals surface area contributed by atoms with E-state index in [0.29, 0.717) is 10.5 Å². The largest absolute Gasteiger partial charge is 0.496 e. The first kappa shape index (κ1) is 27.6. The molecule has 5 rings (SSSR count). The van der Waals surface area contributed by atoms with Gasteiger partial charge in [-0.1, -0.05) is 18.2 Å². The number of carbonyl (C=O) groups is 1. The van der Waals surface area contributed by atoms with Crippen LogP contribution in [0.15, 0.2) is 54.7 Å². The van der Waals surface area contributed by atoms with Crippen LogP contribution in [0.2, 0.25) is 0 Å². The monoisotopic (exact) mass is 577 g/mol. The van der Waals surface area contributed by atoms with Crippen molar-refractivity contribution in [2.75, 3.05) is 23.5 Å². The molecule has 42 heavy (non-hydrogen) atoms. The molecule has 0 saturated heterocycles. The Morgan fingerprint density at radius 3 is 2.48 bits per heavy atom. The second-order valence-corrected chi connectivity index (χ2v) is 8.91. The summed E-state index contributed by atoms with van der Waals surface area (Å²) in [5.41, 5.74) is 12.9. The Bertz CT molecular complexity index is 1840. The number of nitro benzene ring substituents is 1. The van der Waals surface area contributed by atoms with E-state index in [-0.39, 0.29) is 63.4 Å². The predicted octanol–water partition coefficient (Wildman–Crippen LogP) is 3.85. The zero-order valence-corrected chi connectivity index (χ0v) is 21.7. The Balaban J connectivity index is 1.58. The van der Waals surface area contributed by atoms with Crippen molar-refractivity contribution in [2.24, 2.45) is 0 Å². The number of carboxylic acid groups (broad SMARTS) is 1. The fraction of sp³-hybridized carbons (Fsp3) is 0.115. The summed E-state index contributed by atoms with van der Waals surface area (Å²) >= 11 is 0. The lowest BCUT2D eigenvalue weighted by Crippen LogP contribution is -2.31. The SMILES string of the molecule is COc1ccc([N+](=O)[O-])cc1CN(C(=O)O)c1c(N)nc(-n2nc(Cc3ccccc3F)c3ncc(F)cc32)nc1N. The minimum atomic E-state index is -1.51. The fourth-order valence-corrected chi connectivity index (χ4v) is 4.39. The molecule has 0 radical (unpaired) electrons. The van der Waals surface area contributed by atoms with E-state index >= 15 is 0 Å². The number of nitrogens with zero attached hydrogens (tertiary/aromatic N) is 7. The first-order valence-electron chi connectivity index (χ1n) is 12.1. The van der Waals surface area contributed by atoms with Gasteiger partial charge in [-0.05, 0) is 17.7 Å². The Hall–Kier alpha value is -5.93. The Kier molecular flexibility index (Phi) is 7.18. The van der Waals surface area contributed by atoms with E-state index in [9.17, 15) is 28.8 Å². The molecule has 0 aliphatic rings. The number of ether oxygens (including phenoxy) is 1. The normalized spacial score (nSPS) is 11.0. The highest BCUT2D eigenvalue weighted by molar-refractivity contribution is 5.94. The summed E-state index contributed by atoms with van der Waals surface area (Å²) in [6.45, 7) is -0.454. The van der Waals surface area contributed by atoms with Gasteiger partial charge in [-0.25, -0.2) is 18.6 Å². The van der Waals surface area contributed by atoms with Crippen LogP contribution in [0.3, 0.4) is 0 Å².